The Balaban J connectivity index is 1.81. The van der Waals surface area contributed by atoms with E-state index in [4.69, 9.17) is 0 Å². The lowest BCUT2D eigenvalue weighted by atomic mass is 10.1. The maximum Gasteiger partial charge on any atom is 0.314 e. The maximum absolute atomic E-state index is 11.1. The van der Waals surface area contributed by atoms with Gasteiger partial charge < -0.3 is 10.6 Å². The smallest absolute Gasteiger partial charge is 0.314 e. The molecule has 2 N–H and O–H groups in total. The highest BCUT2D eigenvalue weighted by Gasteiger charge is 2.50. The fourth-order valence-electron chi connectivity index (χ4n) is 2.61. The fraction of sp³-hybridized carbons (Fsp3) is 0.900. The predicted molar refractivity (Wildman–Crippen MR) is 51.4 cm³/mol. The number of fused-ring (bicyclic) bond motifs is 1. The van der Waals surface area contributed by atoms with E-state index in [0.717, 1.165) is 11.8 Å². The van der Waals surface area contributed by atoms with Gasteiger partial charge in [-0.2, -0.15) is 0 Å². The minimum absolute atomic E-state index is 0.0157. The Hall–Kier alpha value is -0.730. The number of rotatable bonds is 1. The van der Waals surface area contributed by atoms with Crippen molar-refractivity contribution < 1.29 is 4.79 Å². The Bertz CT molecular complexity index is 193. The van der Waals surface area contributed by atoms with Gasteiger partial charge in [0.15, 0.2) is 0 Å². The first-order chi connectivity index (χ1) is 6.33. The van der Waals surface area contributed by atoms with Crippen molar-refractivity contribution in [1.29, 1.82) is 0 Å². The minimum Gasteiger partial charge on any atom is -0.341 e. The molecule has 74 valence electrons. The zero-order valence-corrected chi connectivity index (χ0v) is 8.18. The molecule has 3 heteroatoms. The van der Waals surface area contributed by atoms with Gasteiger partial charge in [0.25, 0.3) is 0 Å². The van der Waals surface area contributed by atoms with Gasteiger partial charge in [0, 0.05) is 13.1 Å². The van der Waals surface area contributed by atoms with Crippen LogP contribution in [0.5, 0.6) is 0 Å². The molecule has 0 radical (unpaired) electrons. The number of urea groups is 1. The summed E-state index contributed by atoms with van der Waals surface area (Å²) in [6, 6.07) is 0.471. The quantitative estimate of drug-likeness (QED) is 0.634. The highest BCUT2D eigenvalue weighted by molar-refractivity contribution is 5.74. The van der Waals surface area contributed by atoms with Gasteiger partial charge in [0.05, 0.1) is 0 Å². The molecular weight excluding hydrogens is 164 g/mol. The summed E-state index contributed by atoms with van der Waals surface area (Å²) in [6.07, 6.45) is 6.73. The first kappa shape index (κ1) is 8.85. The summed E-state index contributed by atoms with van der Waals surface area (Å²) in [4.78, 5) is 11.1. The van der Waals surface area contributed by atoms with Crippen LogP contribution in [0.4, 0.5) is 4.79 Å². The minimum atomic E-state index is -0.0157. The first-order valence-electron chi connectivity index (χ1n) is 5.31. The molecule has 2 atom stereocenters. The Morgan fingerprint density at radius 3 is 2.31 bits per heavy atom. The summed E-state index contributed by atoms with van der Waals surface area (Å²) in [7, 11) is 1.67. The third-order valence-electron chi connectivity index (χ3n) is 3.43. The van der Waals surface area contributed by atoms with Gasteiger partial charge in [-0.15, -0.1) is 0 Å². The van der Waals surface area contributed by atoms with E-state index in [2.05, 4.69) is 10.6 Å². The van der Waals surface area contributed by atoms with E-state index in [-0.39, 0.29) is 6.03 Å². The average Bonchev–Trinajstić information content (AvgIpc) is 2.82. The van der Waals surface area contributed by atoms with Gasteiger partial charge in [-0.1, -0.05) is 19.3 Å². The molecule has 2 fully saturated rings. The Morgan fingerprint density at radius 2 is 1.77 bits per heavy atom. The Kier molecular flexibility index (Phi) is 2.42. The molecule has 3 nitrogen and oxygen atoms in total. The normalized spacial score (nSPS) is 37.2. The van der Waals surface area contributed by atoms with Crippen molar-refractivity contribution in [3.63, 3.8) is 0 Å². The van der Waals surface area contributed by atoms with Crippen LogP contribution < -0.4 is 10.6 Å². The lowest BCUT2D eigenvalue weighted by molar-refractivity contribution is 0.241. The molecule has 0 aromatic heterocycles. The van der Waals surface area contributed by atoms with Gasteiger partial charge in [0.2, 0.25) is 0 Å². The van der Waals surface area contributed by atoms with Crippen LogP contribution in [0, 0.1) is 11.8 Å². The lowest BCUT2D eigenvalue weighted by Gasteiger charge is -2.04. The van der Waals surface area contributed by atoms with Crippen molar-refractivity contribution in [3.05, 3.63) is 0 Å². The highest BCUT2D eigenvalue weighted by atomic mass is 16.2. The van der Waals surface area contributed by atoms with Gasteiger partial charge in [-0.05, 0) is 24.7 Å². The molecular formula is C10H18N2O. The van der Waals surface area contributed by atoms with Crippen LogP contribution in [-0.2, 0) is 0 Å². The van der Waals surface area contributed by atoms with Gasteiger partial charge in [0.1, 0.15) is 0 Å². The second kappa shape index (κ2) is 3.56. The molecule has 0 aromatic carbocycles. The van der Waals surface area contributed by atoms with E-state index in [1.54, 1.807) is 7.05 Å². The maximum atomic E-state index is 11.1. The largest absolute Gasteiger partial charge is 0.341 e. The van der Waals surface area contributed by atoms with Crippen LogP contribution in [0.2, 0.25) is 0 Å². The summed E-state index contributed by atoms with van der Waals surface area (Å²) in [6.45, 7) is 0. The number of carbonyl (C=O) groups excluding carboxylic acids is 1. The van der Waals surface area contributed by atoms with Gasteiger partial charge in [-0.25, -0.2) is 4.79 Å². The number of hydrogen-bond acceptors (Lipinski definition) is 1. The van der Waals surface area contributed by atoms with Crippen molar-refractivity contribution in [2.45, 2.75) is 38.1 Å². The molecule has 13 heavy (non-hydrogen) atoms. The second-order valence-electron chi connectivity index (χ2n) is 4.21. The SMILES string of the molecule is CNC(=O)NC1C2CCCCCC21. The monoisotopic (exact) mass is 182 g/mol. The molecule has 0 spiro atoms. The summed E-state index contributed by atoms with van der Waals surface area (Å²) in [5.74, 6) is 1.58. The highest BCUT2D eigenvalue weighted by Crippen LogP contribution is 2.48. The van der Waals surface area contributed by atoms with Gasteiger partial charge in [-0.3, -0.25) is 0 Å². The third kappa shape index (κ3) is 1.79. The van der Waals surface area contributed by atoms with Crippen LogP contribution in [0.1, 0.15) is 32.1 Å². The zero-order chi connectivity index (χ0) is 9.26. The van der Waals surface area contributed by atoms with Crippen molar-refractivity contribution in [2.24, 2.45) is 11.8 Å². The number of carbonyl (C=O) groups is 1. The van der Waals surface area contributed by atoms with E-state index in [1.807, 2.05) is 0 Å². The molecule has 2 rings (SSSR count). The van der Waals surface area contributed by atoms with E-state index < -0.39 is 0 Å². The molecule has 0 bridgehead atoms. The molecule has 2 unspecified atom stereocenters. The van der Waals surface area contributed by atoms with E-state index in [1.165, 1.54) is 32.1 Å². The molecule has 0 aliphatic heterocycles. The molecule has 2 aliphatic carbocycles. The fourth-order valence-corrected chi connectivity index (χ4v) is 2.61. The second-order valence-corrected chi connectivity index (χ2v) is 4.21. The van der Waals surface area contributed by atoms with Crippen LogP contribution in [-0.4, -0.2) is 19.1 Å². The van der Waals surface area contributed by atoms with Gasteiger partial charge >= 0.3 is 6.03 Å². The summed E-state index contributed by atoms with van der Waals surface area (Å²) in [5, 5.41) is 5.63. The molecule has 2 aliphatic rings. The van der Waals surface area contributed by atoms with Crippen LogP contribution in [0.3, 0.4) is 0 Å². The standard InChI is InChI=1S/C10H18N2O/c1-11-10(13)12-9-7-5-3-2-4-6-8(7)9/h7-9H,2-6H2,1H3,(H2,11,12,13). The molecule has 0 saturated heterocycles. The Morgan fingerprint density at radius 1 is 1.15 bits per heavy atom. The van der Waals surface area contributed by atoms with Crippen LogP contribution >= 0.6 is 0 Å². The molecule has 2 saturated carbocycles. The third-order valence-corrected chi connectivity index (χ3v) is 3.43. The first-order valence-corrected chi connectivity index (χ1v) is 5.31. The number of amides is 2. The van der Waals surface area contributed by atoms with E-state index in [0.29, 0.717) is 6.04 Å². The van der Waals surface area contributed by atoms with Crippen LogP contribution in [0.25, 0.3) is 0 Å². The van der Waals surface area contributed by atoms with E-state index in [9.17, 15) is 4.79 Å². The Labute approximate surface area is 79.3 Å². The zero-order valence-electron chi connectivity index (χ0n) is 8.18. The topological polar surface area (TPSA) is 41.1 Å². The average molecular weight is 182 g/mol. The van der Waals surface area contributed by atoms with Crippen molar-refractivity contribution >= 4 is 6.03 Å². The lowest BCUT2D eigenvalue weighted by Crippen LogP contribution is -2.35. The van der Waals surface area contributed by atoms with Crippen LogP contribution in [0.15, 0.2) is 0 Å². The van der Waals surface area contributed by atoms with Crippen molar-refractivity contribution in [1.82, 2.24) is 10.6 Å². The summed E-state index contributed by atoms with van der Waals surface area (Å²) in [5.41, 5.74) is 0. The predicted octanol–water partition coefficient (Wildman–Crippen LogP) is 1.49. The number of nitrogens with one attached hydrogen (secondary N) is 2. The summed E-state index contributed by atoms with van der Waals surface area (Å²) >= 11 is 0. The molecule has 2 amide bonds. The van der Waals surface area contributed by atoms with Crippen molar-refractivity contribution in [2.75, 3.05) is 7.05 Å². The number of hydrogen-bond donors (Lipinski definition) is 2. The molecule has 0 heterocycles. The van der Waals surface area contributed by atoms with E-state index >= 15 is 0 Å². The van der Waals surface area contributed by atoms with Crippen molar-refractivity contribution in [3.8, 4) is 0 Å². The summed E-state index contributed by atoms with van der Waals surface area (Å²) < 4.78 is 0. The molecule has 0 aromatic rings.